The number of halogens is 1. The first-order valence-corrected chi connectivity index (χ1v) is 21.3. The summed E-state index contributed by atoms with van der Waals surface area (Å²) in [6.45, 7) is 9.45. The minimum absolute atomic E-state index is 1.36. The molecule has 0 aliphatic rings. The molecule has 0 aromatic rings. The Bertz CT molecular complexity index is 383. The van der Waals surface area contributed by atoms with Crippen molar-refractivity contribution in [3.05, 3.63) is 0 Å². The molecule has 0 rings (SSSR count). The molecule has 0 atom stereocenters. The molecular weight excluding hydrogens is 495 g/mol. The van der Waals surface area contributed by atoms with E-state index in [2.05, 4.69) is 43.2 Å². The summed E-state index contributed by atoms with van der Waals surface area (Å²) in [5.74, 6) is 0. The molecule has 0 saturated heterocycles. The molecule has 0 aliphatic carbocycles. The van der Waals surface area contributed by atoms with Crippen molar-refractivity contribution in [1.29, 1.82) is 0 Å². The molecule has 0 aliphatic heterocycles. The zero-order valence-corrected chi connectivity index (χ0v) is 27.1. The van der Waals surface area contributed by atoms with Crippen LogP contribution < -0.4 is 0 Å². The van der Waals surface area contributed by atoms with E-state index in [-0.39, 0.29) is 0 Å². The van der Waals surface area contributed by atoms with Crippen LogP contribution in [0.15, 0.2) is 0 Å². The van der Waals surface area contributed by atoms with Gasteiger partial charge in [-0.2, -0.15) is 0 Å². The maximum absolute atomic E-state index is 4.58. The van der Waals surface area contributed by atoms with Gasteiger partial charge in [0.25, 0.3) is 0 Å². The van der Waals surface area contributed by atoms with Crippen LogP contribution >= 0.6 is 20.8 Å². The monoisotopic (exact) mass is 562 g/mol. The van der Waals surface area contributed by atoms with Gasteiger partial charge in [0.1, 0.15) is 0 Å². The molecule has 0 saturated carbocycles. The Kier molecular flexibility index (Phi) is 24.9. The van der Waals surface area contributed by atoms with Gasteiger partial charge >= 0.3 is 175 Å². The quantitative estimate of drug-likeness (QED) is 0.0656. The minimum atomic E-state index is -1.65. The van der Waals surface area contributed by atoms with E-state index in [4.69, 9.17) is 0 Å². The van der Waals surface area contributed by atoms with Crippen LogP contribution in [-0.2, 0) is 0 Å². The van der Waals surface area contributed by atoms with Crippen LogP contribution in [0.3, 0.4) is 0 Å². The molecule has 0 fully saturated rings. The van der Waals surface area contributed by atoms with Crippen LogP contribution in [0.25, 0.3) is 0 Å². The van der Waals surface area contributed by atoms with Crippen molar-refractivity contribution in [2.24, 2.45) is 0 Å². The predicted molar refractivity (Wildman–Crippen MR) is 169 cm³/mol. The molecule has 0 bridgehead atoms. The summed E-state index contributed by atoms with van der Waals surface area (Å²) in [6.07, 6.45) is 41.0. The molecule has 0 radical (unpaired) electrons. The van der Waals surface area contributed by atoms with E-state index in [0.717, 1.165) is 0 Å². The van der Waals surface area contributed by atoms with Crippen molar-refractivity contribution in [2.45, 2.75) is 182 Å². The van der Waals surface area contributed by atoms with Gasteiger partial charge in [-0.25, -0.2) is 0 Å². The molecule has 208 valence electrons. The van der Waals surface area contributed by atoms with Crippen LogP contribution in [0.2, 0.25) is 0 Å². The molecule has 0 amide bonds. The third kappa shape index (κ3) is 20.0. The van der Waals surface area contributed by atoms with Gasteiger partial charge in [-0.15, -0.1) is 0 Å². The van der Waals surface area contributed by atoms with Gasteiger partial charge in [-0.3, -0.25) is 0 Å². The summed E-state index contributed by atoms with van der Waals surface area (Å²) >= 11 is 4.58. The van der Waals surface area contributed by atoms with Gasteiger partial charge in [0, 0.05) is 0 Å². The molecule has 0 spiro atoms. The average molecular weight is 564 g/mol. The van der Waals surface area contributed by atoms with Gasteiger partial charge in [0.05, 0.1) is 0 Å². The summed E-state index contributed by atoms with van der Waals surface area (Å²) in [5, 5.41) is -1.65. The molecule has 0 aromatic heterocycles. The standard InChI is InChI=1S/C32H68BrP/c1-5-9-13-14-15-16-17-18-19-20-21-22-23-24-25-26-27-28-32-34(33,29-10-6-2,30-11-7-3)31-12-8-4/h5-32H2,1-4H3. The van der Waals surface area contributed by atoms with Crippen molar-refractivity contribution in [1.82, 2.24) is 0 Å². The third-order valence-corrected chi connectivity index (χ3v) is 18.3. The number of hydrogen-bond acceptors (Lipinski definition) is 0. The third-order valence-electron chi connectivity index (χ3n) is 8.28. The number of rotatable bonds is 28. The maximum atomic E-state index is 4.58. The van der Waals surface area contributed by atoms with Crippen LogP contribution in [-0.4, -0.2) is 24.6 Å². The Morgan fingerprint density at radius 1 is 0.294 bits per heavy atom. The van der Waals surface area contributed by atoms with E-state index in [1.165, 1.54) is 179 Å². The van der Waals surface area contributed by atoms with Gasteiger partial charge in [-0.05, 0) is 0 Å². The molecule has 0 nitrogen and oxygen atoms in total. The zero-order chi connectivity index (χ0) is 25.2. The molecule has 2 heteroatoms. The van der Waals surface area contributed by atoms with Crippen LogP contribution in [0.1, 0.15) is 182 Å². The Morgan fingerprint density at radius 2 is 0.500 bits per heavy atom. The normalized spacial score (nSPS) is 13.3. The summed E-state index contributed by atoms with van der Waals surface area (Å²) in [5.41, 5.74) is 0. The van der Waals surface area contributed by atoms with E-state index in [1.807, 2.05) is 0 Å². The Balaban J connectivity index is 3.79. The van der Waals surface area contributed by atoms with Crippen LogP contribution in [0.5, 0.6) is 0 Å². The van der Waals surface area contributed by atoms with Crippen LogP contribution in [0.4, 0.5) is 0 Å². The van der Waals surface area contributed by atoms with Crippen molar-refractivity contribution < 1.29 is 0 Å². The second kappa shape index (κ2) is 24.3. The van der Waals surface area contributed by atoms with Gasteiger partial charge in [0.2, 0.25) is 0 Å². The summed E-state index contributed by atoms with van der Waals surface area (Å²) < 4.78 is 0. The second-order valence-electron chi connectivity index (χ2n) is 11.8. The Labute approximate surface area is 226 Å². The SMILES string of the molecule is CCCCCCCCCCCCCCCCCCCCP(Br)(CCCC)(CCCC)CCCC. The number of unbranched alkanes of at least 4 members (excludes halogenated alkanes) is 20. The number of hydrogen-bond donors (Lipinski definition) is 0. The molecule has 0 unspecified atom stereocenters. The first kappa shape index (κ1) is 34.9. The Hall–Kier alpha value is 0.910. The fourth-order valence-electron chi connectivity index (χ4n) is 5.74. The van der Waals surface area contributed by atoms with E-state index >= 15 is 0 Å². The fourth-order valence-corrected chi connectivity index (χ4v) is 14.4. The molecular formula is C32H68BrP. The summed E-state index contributed by atoms with van der Waals surface area (Å²) in [7, 11) is 0. The van der Waals surface area contributed by atoms with Crippen molar-refractivity contribution in [3.63, 3.8) is 0 Å². The van der Waals surface area contributed by atoms with Crippen molar-refractivity contribution in [3.8, 4) is 0 Å². The first-order valence-electron chi connectivity index (χ1n) is 16.3. The second-order valence-corrected chi connectivity index (χ2v) is 23.2. The van der Waals surface area contributed by atoms with E-state index in [1.54, 1.807) is 0 Å². The fraction of sp³-hybridized carbons (Fsp3) is 1.00. The first-order chi connectivity index (χ1) is 16.5. The molecule has 0 heterocycles. The van der Waals surface area contributed by atoms with E-state index in [9.17, 15) is 0 Å². The topological polar surface area (TPSA) is 0 Å². The van der Waals surface area contributed by atoms with Gasteiger partial charge in [-0.1, -0.05) is 51.9 Å². The van der Waals surface area contributed by atoms with Gasteiger partial charge in [0.15, 0.2) is 0 Å². The van der Waals surface area contributed by atoms with E-state index in [0.29, 0.717) is 0 Å². The predicted octanol–water partition coefficient (Wildman–Crippen LogP) is 13.3. The summed E-state index contributed by atoms with van der Waals surface area (Å²) in [4.78, 5) is 0. The zero-order valence-electron chi connectivity index (χ0n) is 24.6. The van der Waals surface area contributed by atoms with Crippen molar-refractivity contribution >= 4 is 20.8 Å². The Morgan fingerprint density at radius 3 is 0.765 bits per heavy atom. The van der Waals surface area contributed by atoms with E-state index < -0.39 is 5.31 Å². The average Bonchev–Trinajstić information content (AvgIpc) is 2.85. The summed E-state index contributed by atoms with van der Waals surface area (Å²) in [6, 6.07) is 0. The van der Waals surface area contributed by atoms with Crippen LogP contribution in [0, 0.1) is 0 Å². The van der Waals surface area contributed by atoms with Crippen molar-refractivity contribution in [2.75, 3.05) is 24.6 Å². The van der Waals surface area contributed by atoms with Gasteiger partial charge < -0.3 is 0 Å². The molecule has 0 N–H and O–H groups in total. The molecule has 0 aromatic carbocycles. The molecule has 34 heavy (non-hydrogen) atoms.